The number of carbonyl (C=O) groups is 2. The third-order valence-electron chi connectivity index (χ3n) is 2.25. The van der Waals surface area contributed by atoms with Crippen molar-refractivity contribution in [2.45, 2.75) is 18.2 Å². The van der Waals surface area contributed by atoms with Crippen LogP contribution in [-0.4, -0.2) is 41.8 Å². The van der Waals surface area contributed by atoms with Crippen molar-refractivity contribution in [2.24, 2.45) is 5.92 Å². The third kappa shape index (κ3) is 2.70. The summed E-state index contributed by atoms with van der Waals surface area (Å²) in [5, 5.41) is 0. The molecule has 0 aromatic heterocycles. The highest BCUT2D eigenvalue weighted by Gasteiger charge is 2.29. The Balaban J connectivity index is 2.44. The van der Waals surface area contributed by atoms with Gasteiger partial charge in [-0.3, -0.25) is 9.59 Å². The van der Waals surface area contributed by atoms with Crippen LogP contribution >= 0.6 is 15.9 Å². The molecule has 0 radical (unpaired) electrons. The number of halogens is 1. The maximum Gasteiger partial charge on any atom is 0.321 e. The van der Waals surface area contributed by atoms with Gasteiger partial charge in [-0.1, -0.05) is 22.9 Å². The second kappa shape index (κ2) is 4.77. The van der Waals surface area contributed by atoms with E-state index < -0.39 is 4.83 Å². The number of likely N-dealkylation sites (tertiary alicyclic amines) is 1. The molecule has 14 heavy (non-hydrogen) atoms. The minimum Gasteiger partial charge on any atom is -0.468 e. The van der Waals surface area contributed by atoms with E-state index in [-0.39, 0.29) is 11.9 Å². The summed E-state index contributed by atoms with van der Waals surface area (Å²) in [6.07, 6.45) is 0.584. The number of alkyl halides is 1. The van der Waals surface area contributed by atoms with E-state index in [2.05, 4.69) is 20.7 Å². The van der Waals surface area contributed by atoms with Gasteiger partial charge in [0.25, 0.3) is 0 Å². The Bertz CT molecular complexity index is 244. The molecule has 2 unspecified atom stereocenters. The van der Waals surface area contributed by atoms with Gasteiger partial charge in [-0.15, -0.1) is 0 Å². The monoisotopic (exact) mass is 263 g/mol. The van der Waals surface area contributed by atoms with E-state index in [1.165, 1.54) is 7.11 Å². The normalized spacial score (nSPS) is 23.8. The molecule has 0 spiro atoms. The number of amides is 1. The van der Waals surface area contributed by atoms with Crippen LogP contribution < -0.4 is 0 Å². The number of nitrogens with zero attached hydrogens (tertiary/aromatic N) is 1. The van der Waals surface area contributed by atoms with E-state index in [4.69, 9.17) is 0 Å². The lowest BCUT2D eigenvalue weighted by Gasteiger charge is -2.18. The first-order valence-corrected chi connectivity index (χ1v) is 5.45. The van der Waals surface area contributed by atoms with Crippen LogP contribution in [0.5, 0.6) is 0 Å². The fraction of sp³-hybridized carbons (Fsp3) is 0.778. The number of rotatable bonds is 3. The van der Waals surface area contributed by atoms with E-state index in [0.717, 1.165) is 6.54 Å². The molecule has 1 heterocycles. The van der Waals surface area contributed by atoms with Crippen LogP contribution in [0.25, 0.3) is 0 Å². The summed E-state index contributed by atoms with van der Waals surface area (Å²) >= 11 is 3.19. The topological polar surface area (TPSA) is 46.6 Å². The molecule has 1 saturated heterocycles. The van der Waals surface area contributed by atoms with Gasteiger partial charge < -0.3 is 9.64 Å². The molecule has 2 atom stereocenters. The van der Waals surface area contributed by atoms with Gasteiger partial charge in [-0.05, 0) is 5.92 Å². The Morgan fingerprint density at radius 2 is 2.43 bits per heavy atom. The largest absolute Gasteiger partial charge is 0.468 e. The van der Waals surface area contributed by atoms with Crippen LogP contribution in [0.3, 0.4) is 0 Å². The van der Waals surface area contributed by atoms with Crippen LogP contribution in [-0.2, 0) is 14.3 Å². The molecule has 1 aliphatic heterocycles. The Morgan fingerprint density at radius 1 is 1.79 bits per heavy atom. The van der Waals surface area contributed by atoms with Crippen molar-refractivity contribution in [1.29, 1.82) is 0 Å². The zero-order chi connectivity index (χ0) is 10.7. The van der Waals surface area contributed by atoms with Crippen LogP contribution in [0.1, 0.15) is 13.3 Å². The lowest BCUT2D eigenvalue weighted by atomic mass is 10.2. The first-order chi connectivity index (χ1) is 6.54. The highest BCUT2D eigenvalue weighted by atomic mass is 79.9. The van der Waals surface area contributed by atoms with Crippen LogP contribution in [0.4, 0.5) is 0 Å². The van der Waals surface area contributed by atoms with Crippen molar-refractivity contribution in [3.8, 4) is 0 Å². The molecule has 0 saturated carbocycles. The molecule has 80 valence electrons. The second-order valence-corrected chi connectivity index (χ2v) is 4.70. The summed E-state index contributed by atoms with van der Waals surface area (Å²) in [6, 6.07) is 0. The minimum absolute atomic E-state index is 0.117. The number of esters is 1. The molecule has 0 aromatic carbocycles. The summed E-state index contributed by atoms with van der Waals surface area (Å²) in [6.45, 7) is 3.16. The van der Waals surface area contributed by atoms with Gasteiger partial charge in [0.05, 0.1) is 7.11 Å². The molecular weight excluding hydrogens is 250 g/mol. The van der Waals surface area contributed by atoms with Gasteiger partial charge >= 0.3 is 5.97 Å². The van der Waals surface area contributed by atoms with Crippen molar-refractivity contribution >= 4 is 27.8 Å². The average Bonchev–Trinajstić information content (AvgIpc) is 2.44. The molecule has 0 aromatic rings. The van der Waals surface area contributed by atoms with Crippen molar-refractivity contribution in [3.05, 3.63) is 0 Å². The predicted molar refractivity (Wildman–Crippen MR) is 55.1 cm³/mol. The summed E-state index contributed by atoms with van der Waals surface area (Å²) in [4.78, 5) is 23.7. The van der Waals surface area contributed by atoms with Crippen LogP contribution in [0.15, 0.2) is 0 Å². The Hall–Kier alpha value is -0.580. The lowest BCUT2D eigenvalue weighted by molar-refractivity contribution is -0.140. The van der Waals surface area contributed by atoms with Gasteiger partial charge in [0.15, 0.2) is 0 Å². The number of methoxy groups -OCH3 is 1. The predicted octanol–water partition coefficient (Wildman–Crippen LogP) is 0.791. The van der Waals surface area contributed by atoms with Gasteiger partial charge in [-0.2, -0.15) is 0 Å². The molecule has 1 amide bonds. The Kier molecular flexibility index (Phi) is 3.92. The van der Waals surface area contributed by atoms with Crippen LogP contribution in [0, 0.1) is 5.92 Å². The maximum absolute atomic E-state index is 11.4. The molecule has 0 aliphatic carbocycles. The summed E-state index contributed by atoms with van der Waals surface area (Å²) in [5.41, 5.74) is 0. The fourth-order valence-corrected chi connectivity index (χ4v) is 2.08. The van der Waals surface area contributed by atoms with Crippen molar-refractivity contribution in [3.63, 3.8) is 0 Å². The maximum atomic E-state index is 11.4. The molecule has 1 fully saturated rings. The third-order valence-corrected chi connectivity index (χ3v) is 2.91. The van der Waals surface area contributed by atoms with E-state index in [1.54, 1.807) is 4.90 Å². The van der Waals surface area contributed by atoms with Gasteiger partial charge in [0.1, 0.15) is 4.83 Å². The van der Waals surface area contributed by atoms with E-state index in [9.17, 15) is 9.59 Å². The number of hydrogen-bond donors (Lipinski definition) is 0. The SMILES string of the molecule is COC(=O)C(Br)CN1CC(C)CC1=O. The minimum atomic E-state index is -0.415. The second-order valence-electron chi connectivity index (χ2n) is 3.60. The Labute approximate surface area is 91.7 Å². The number of carbonyl (C=O) groups excluding carboxylic acids is 2. The zero-order valence-corrected chi connectivity index (χ0v) is 9.91. The first kappa shape index (κ1) is 11.5. The van der Waals surface area contributed by atoms with Gasteiger partial charge in [0.2, 0.25) is 5.91 Å². The Morgan fingerprint density at radius 3 is 2.86 bits per heavy atom. The van der Waals surface area contributed by atoms with Gasteiger partial charge in [0, 0.05) is 19.5 Å². The molecule has 1 rings (SSSR count). The molecule has 0 bridgehead atoms. The highest BCUT2D eigenvalue weighted by Crippen LogP contribution is 2.18. The summed E-state index contributed by atoms with van der Waals surface area (Å²) < 4.78 is 4.56. The molecule has 4 nitrogen and oxygen atoms in total. The first-order valence-electron chi connectivity index (χ1n) is 4.54. The highest BCUT2D eigenvalue weighted by molar-refractivity contribution is 9.10. The van der Waals surface area contributed by atoms with Crippen LogP contribution in [0.2, 0.25) is 0 Å². The molecule has 1 aliphatic rings. The molecule has 5 heteroatoms. The van der Waals surface area contributed by atoms with E-state index >= 15 is 0 Å². The van der Waals surface area contributed by atoms with E-state index in [0.29, 0.717) is 18.9 Å². The van der Waals surface area contributed by atoms with Crippen molar-refractivity contribution < 1.29 is 14.3 Å². The standard InChI is InChI=1S/C9H14BrNO3/c1-6-3-8(12)11(4-6)5-7(10)9(13)14-2/h6-7H,3-5H2,1-2H3. The molecule has 0 N–H and O–H groups in total. The number of hydrogen-bond acceptors (Lipinski definition) is 3. The summed E-state index contributed by atoms with van der Waals surface area (Å²) in [5.74, 6) is 0.169. The van der Waals surface area contributed by atoms with Crippen molar-refractivity contribution in [1.82, 2.24) is 4.90 Å². The van der Waals surface area contributed by atoms with Gasteiger partial charge in [-0.25, -0.2) is 0 Å². The fourth-order valence-electron chi connectivity index (χ4n) is 1.54. The van der Waals surface area contributed by atoms with Crippen molar-refractivity contribution in [2.75, 3.05) is 20.2 Å². The van der Waals surface area contributed by atoms with E-state index in [1.807, 2.05) is 6.92 Å². The quantitative estimate of drug-likeness (QED) is 0.559. The molecular formula is C9H14BrNO3. The zero-order valence-electron chi connectivity index (χ0n) is 8.33. The lowest BCUT2D eigenvalue weighted by Crippen LogP contribution is -2.35. The average molecular weight is 264 g/mol. The number of ether oxygens (including phenoxy) is 1. The summed E-state index contributed by atoms with van der Waals surface area (Å²) in [7, 11) is 1.34. The smallest absolute Gasteiger partial charge is 0.321 e.